The number of benzene rings is 1. The Labute approximate surface area is 109 Å². The Morgan fingerprint density at radius 2 is 2.27 bits per heavy atom. The summed E-state index contributed by atoms with van der Waals surface area (Å²) < 4.78 is 6.58. The molecule has 0 aliphatic heterocycles. The highest BCUT2D eigenvalue weighted by Crippen LogP contribution is 2.27. The van der Waals surface area contributed by atoms with Crippen LogP contribution in [0.2, 0.25) is 5.02 Å². The molecule has 0 saturated carbocycles. The third-order valence-corrected chi connectivity index (χ3v) is 3.58. The second-order valence-corrected chi connectivity index (χ2v) is 5.69. The van der Waals surface area contributed by atoms with Crippen LogP contribution >= 0.6 is 39.3 Å². The Kier molecular flexibility index (Phi) is 6.53. The lowest BCUT2D eigenvalue weighted by atomic mass is 10.3. The minimum absolute atomic E-state index is 0.668. The number of hydrogen-bond donors (Lipinski definition) is 0. The van der Waals surface area contributed by atoms with Gasteiger partial charge in [-0.15, -0.1) is 0 Å². The van der Waals surface area contributed by atoms with Gasteiger partial charge in [-0.3, -0.25) is 0 Å². The Morgan fingerprint density at radius 1 is 1.47 bits per heavy atom. The first-order chi connectivity index (χ1) is 7.24. The molecule has 0 atom stereocenters. The van der Waals surface area contributed by atoms with E-state index in [-0.39, 0.29) is 0 Å². The fourth-order valence-corrected chi connectivity index (χ4v) is 2.20. The topological polar surface area (TPSA) is 9.23 Å². The minimum atomic E-state index is 0.668. The van der Waals surface area contributed by atoms with Gasteiger partial charge in [0.05, 0.1) is 11.6 Å². The van der Waals surface area contributed by atoms with Gasteiger partial charge in [-0.25, -0.2) is 0 Å². The number of halogens is 2. The van der Waals surface area contributed by atoms with Crippen LogP contribution in [0.15, 0.2) is 22.7 Å². The van der Waals surface area contributed by atoms with E-state index < -0.39 is 0 Å². The van der Waals surface area contributed by atoms with Gasteiger partial charge >= 0.3 is 0 Å². The molecule has 0 aliphatic rings. The maximum absolute atomic E-state index is 5.99. The van der Waals surface area contributed by atoms with E-state index in [9.17, 15) is 0 Å². The molecule has 84 valence electrons. The van der Waals surface area contributed by atoms with E-state index in [1.165, 1.54) is 0 Å². The smallest absolute Gasteiger partial charge is 0.139 e. The van der Waals surface area contributed by atoms with Crippen molar-refractivity contribution in [1.82, 2.24) is 0 Å². The quantitative estimate of drug-likeness (QED) is 0.709. The largest absolute Gasteiger partial charge is 0.492 e. The molecule has 0 fully saturated rings. The summed E-state index contributed by atoms with van der Waals surface area (Å²) in [6.45, 7) is 2.89. The van der Waals surface area contributed by atoms with Crippen molar-refractivity contribution in [2.24, 2.45) is 0 Å². The summed E-state index contributed by atoms with van der Waals surface area (Å²) in [4.78, 5) is 0. The maximum atomic E-state index is 5.99. The zero-order valence-corrected chi connectivity index (χ0v) is 11.8. The molecule has 0 bridgehead atoms. The molecule has 1 nitrogen and oxygen atoms in total. The molecule has 0 N–H and O–H groups in total. The van der Waals surface area contributed by atoms with Gasteiger partial charge in [0.25, 0.3) is 0 Å². The Morgan fingerprint density at radius 3 is 3.00 bits per heavy atom. The van der Waals surface area contributed by atoms with Crippen molar-refractivity contribution in [1.29, 1.82) is 0 Å². The van der Waals surface area contributed by atoms with Crippen LogP contribution in [0.25, 0.3) is 0 Å². The highest BCUT2D eigenvalue weighted by molar-refractivity contribution is 9.10. The van der Waals surface area contributed by atoms with Crippen molar-refractivity contribution in [3.8, 4) is 5.75 Å². The molecule has 0 saturated heterocycles. The molecule has 4 heteroatoms. The third kappa shape index (κ3) is 5.14. The number of rotatable bonds is 6. The molecule has 1 aromatic carbocycles. The molecule has 0 heterocycles. The van der Waals surface area contributed by atoms with Gasteiger partial charge in [-0.2, -0.15) is 11.8 Å². The molecule has 0 amide bonds. The lowest BCUT2D eigenvalue weighted by molar-refractivity contribution is 0.319. The first kappa shape index (κ1) is 13.2. The molecule has 0 aliphatic carbocycles. The SMILES string of the molecule is CCSCCCOc1cc(Br)ccc1Cl. The second kappa shape index (κ2) is 7.42. The van der Waals surface area contributed by atoms with Crippen LogP contribution < -0.4 is 4.74 Å². The first-order valence-electron chi connectivity index (χ1n) is 4.89. The summed E-state index contributed by atoms with van der Waals surface area (Å²) >= 11 is 11.3. The molecule has 1 rings (SSSR count). The van der Waals surface area contributed by atoms with Gasteiger partial charge in [0, 0.05) is 4.47 Å². The standard InChI is InChI=1S/C11H14BrClOS/c1-2-15-7-3-6-14-11-8-9(12)4-5-10(11)13/h4-5,8H,2-3,6-7H2,1H3. The lowest BCUT2D eigenvalue weighted by Crippen LogP contribution is -1.99. The summed E-state index contributed by atoms with van der Waals surface area (Å²) in [5, 5.41) is 0.668. The number of hydrogen-bond acceptors (Lipinski definition) is 2. The molecule has 15 heavy (non-hydrogen) atoms. The lowest BCUT2D eigenvalue weighted by Gasteiger charge is -2.07. The van der Waals surface area contributed by atoms with E-state index in [1.807, 2.05) is 30.0 Å². The van der Waals surface area contributed by atoms with Crippen LogP contribution in [-0.2, 0) is 0 Å². The van der Waals surface area contributed by atoms with Crippen molar-refractivity contribution >= 4 is 39.3 Å². The van der Waals surface area contributed by atoms with Crippen molar-refractivity contribution in [3.05, 3.63) is 27.7 Å². The summed E-state index contributed by atoms with van der Waals surface area (Å²) in [6, 6.07) is 5.64. The zero-order chi connectivity index (χ0) is 11.1. The van der Waals surface area contributed by atoms with Crippen LogP contribution in [0.1, 0.15) is 13.3 Å². The zero-order valence-electron chi connectivity index (χ0n) is 8.63. The molecule has 0 aromatic heterocycles. The van der Waals surface area contributed by atoms with Crippen LogP contribution in [0.5, 0.6) is 5.75 Å². The van der Waals surface area contributed by atoms with Crippen molar-refractivity contribution in [2.45, 2.75) is 13.3 Å². The Hall–Kier alpha value is 0.140. The monoisotopic (exact) mass is 308 g/mol. The fourth-order valence-electron chi connectivity index (χ4n) is 1.08. The third-order valence-electron chi connectivity index (χ3n) is 1.79. The van der Waals surface area contributed by atoms with E-state index >= 15 is 0 Å². The normalized spacial score (nSPS) is 10.3. The molecular weight excluding hydrogens is 296 g/mol. The first-order valence-corrected chi connectivity index (χ1v) is 7.22. The summed E-state index contributed by atoms with van der Waals surface area (Å²) in [5.41, 5.74) is 0. The van der Waals surface area contributed by atoms with Gasteiger partial charge in [-0.1, -0.05) is 34.5 Å². The molecule has 0 spiro atoms. The Balaban J connectivity index is 2.33. The average Bonchev–Trinajstić information content (AvgIpc) is 2.23. The van der Waals surface area contributed by atoms with E-state index in [4.69, 9.17) is 16.3 Å². The van der Waals surface area contributed by atoms with Crippen LogP contribution in [0.4, 0.5) is 0 Å². The molecule has 0 radical (unpaired) electrons. The minimum Gasteiger partial charge on any atom is -0.492 e. The summed E-state index contributed by atoms with van der Waals surface area (Å²) in [6.07, 6.45) is 1.06. The van der Waals surface area contributed by atoms with E-state index in [2.05, 4.69) is 22.9 Å². The predicted octanol–water partition coefficient (Wildman–Crippen LogP) is 4.62. The number of thioether (sulfide) groups is 1. The fraction of sp³-hybridized carbons (Fsp3) is 0.455. The molecule has 0 unspecified atom stereocenters. The molecule has 1 aromatic rings. The van der Waals surface area contributed by atoms with Crippen LogP contribution in [0.3, 0.4) is 0 Å². The number of ether oxygens (including phenoxy) is 1. The Bertz CT molecular complexity index is 307. The highest BCUT2D eigenvalue weighted by Gasteiger charge is 2.01. The van der Waals surface area contributed by atoms with Gasteiger partial charge < -0.3 is 4.74 Å². The van der Waals surface area contributed by atoms with Gasteiger partial charge in [0.2, 0.25) is 0 Å². The van der Waals surface area contributed by atoms with Crippen molar-refractivity contribution in [3.63, 3.8) is 0 Å². The van der Waals surface area contributed by atoms with Crippen molar-refractivity contribution in [2.75, 3.05) is 18.1 Å². The van der Waals surface area contributed by atoms with Gasteiger partial charge in [-0.05, 0) is 36.1 Å². The highest BCUT2D eigenvalue weighted by atomic mass is 79.9. The van der Waals surface area contributed by atoms with Crippen molar-refractivity contribution < 1.29 is 4.74 Å². The van der Waals surface area contributed by atoms with E-state index in [0.717, 1.165) is 34.8 Å². The molecular formula is C11H14BrClOS. The average molecular weight is 310 g/mol. The van der Waals surface area contributed by atoms with Gasteiger partial charge in [0.15, 0.2) is 0 Å². The summed E-state index contributed by atoms with van der Waals surface area (Å²) in [7, 11) is 0. The second-order valence-electron chi connectivity index (χ2n) is 2.97. The van der Waals surface area contributed by atoms with Crippen LogP contribution in [0, 0.1) is 0 Å². The van der Waals surface area contributed by atoms with Gasteiger partial charge in [0.1, 0.15) is 5.75 Å². The maximum Gasteiger partial charge on any atom is 0.139 e. The van der Waals surface area contributed by atoms with E-state index in [1.54, 1.807) is 0 Å². The predicted molar refractivity (Wildman–Crippen MR) is 72.3 cm³/mol. The van der Waals surface area contributed by atoms with E-state index in [0.29, 0.717) is 5.02 Å². The van der Waals surface area contributed by atoms with Crippen LogP contribution in [-0.4, -0.2) is 18.1 Å². The summed E-state index contributed by atoms with van der Waals surface area (Å²) in [5.74, 6) is 3.06.